The zero-order valence-electron chi connectivity index (χ0n) is 12.2. The Labute approximate surface area is 112 Å². The van der Waals surface area contributed by atoms with Crippen molar-refractivity contribution in [3.05, 3.63) is 35.4 Å². The minimum Gasteiger partial charge on any atom is -0.385 e. The van der Waals surface area contributed by atoms with Crippen LogP contribution in [0.4, 0.5) is 0 Å². The molecule has 0 bridgehead atoms. The predicted molar refractivity (Wildman–Crippen MR) is 79.5 cm³/mol. The Morgan fingerprint density at radius 1 is 1.17 bits per heavy atom. The van der Waals surface area contributed by atoms with Crippen LogP contribution in [0.3, 0.4) is 0 Å². The largest absolute Gasteiger partial charge is 0.385 e. The lowest BCUT2D eigenvalue weighted by atomic mass is 9.67. The molecular weight excluding hydrogens is 219 g/mol. The first-order valence-corrected chi connectivity index (χ1v) is 7.15. The zero-order valence-corrected chi connectivity index (χ0v) is 12.2. The van der Waals surface area contributed by atoms with Crippen LogP contribution < -0.4 is 0 Å². The third-order valence-electron chi connectivity index (χ3n) is 4.39. The summed E-state index contributed by atoms with van der Waals surface area (Å²) in [6.45, 7) is 6.72. The summed E-state index contributed by atoms with van der Waals surface area (Å²) < 4.78 is 0. The van der Waals surface area contributed by atoms with Crippen molar-refractivity contribution in [3.8, 4) is 0 Å². The molecule has 1 aromatic rings. The van der Waals surface area contributed by atoms with Gasteiger partial charge in [0.05, 0.1) is 5.60 Å². The fourth-order valence-corrected chi connectivity index (χ4v) is 2.81. The van der Waals surface area contributed by atoms with E-state index in [1.165, 1.54) is 5.56 Å². The van der Waals surface area contributed by atoms with Gasteiger partial charge in [-0.05, 0) is 42.5 Å². The smallest absolute Gasteiger partial charge is 0.114 e. The summed E-state index contributed by atoms with van der Waals surface area (Å²) >= 11 is 0. The summed E-state index contributed by atoms with van der Waals surface area (Å²) in [4.78, 5) is 0. The van der Waals surface area contributed by atoms with Crippen molar-refractivity contribution in [1.29, 1.82) is 0 Å². The van der Waals surface area contributed by atoms with Gasteiger partial charge in [-0.1, -0.05) is 50.6 Å². The lowest BCUT2D eigenvalue weighted by Gasteiger charge is -2.35. The summed E-state index contributed by atoms with van der Waals surface area (Å²) in [6, 6.07) is 8.59. The Balaban J connectivity index is 2.19. The van der Waals surface area contributed by atoms with Gasteiger partial charge in [-0.2, -0.15) is 0 Å². The molecule has 2 heteroatoms. The molecule has 0 heterocycles. The molecule has 1 aromatic carbocycles. The van der Waals surface area contributed by atoms with E-state index < -0.39 is 5.60 Å². The van der Waals surface area contributed by atoms with Crippen molar-refractivity contribution in [2.45, 2.75) is 57.4 Å². The normalized spacial score (nSPS) is 29.2. The van der Waals surface area contributed by atoms with Gasteiger partial charge < -0.3 is 5.11 Å². The molecule has 0 radical (unpaired) electrons. The van der Waals surface area contributed by atoms with Crippen LogP contribution in [0.15, 0.2) is 24.3 Å². The van der Waals surface area contributed by atoms with Crippen molar-refractivity contribution in [1.82, 2.24) is 0 Å². The van der Waals surface area contributed by atoms with E-state index in [4.69, 9.17) is 0 Å². The van der Waals surface area contributed by atoms with Gasteiger partial charge in [-0.3, -0.25) is 0 Å². The Morgan fingerprint density at radius 2 is 1.67 bits per heavy atom. The van der Waals surface area contributed by atoms with E-state index in [1.807, 2.05) is 0 Å². The van der Waals surface area contributed by atoms with Crippen LogP contribution in [0.2, 0.25) is 0 Å². The molecule has 1 aliphatic carbocycles. The molecule has 0 saturated heterocycles. The van der Waals surface area contributed by atoms with Crippen molar-refractivity contribution >= 4 is 7.85 Å². The number of rotatable bonds is 2. The summed E-state index contributed by atoms with van der Waals surface area (Å²) in [6.07, 6.45) is 4.08. The van der Waals surface area contributed by atoms with Crippen LogP contribution >= 0.6 is 0 Å². The molecule has 0 amide bonds. The second kappa shape index (κ2) is 4.73. The third kappa shape index (κ3) is 2.80. The van der Waals surface area contributed by atoms with E-state index in [0.29, 0.717) is 0 Å². The Hall–Kier alpha value is -0.755. The lowest BCUT2D eigenvalue weighted by molar-refractivity contribution is -0.0120. The molecule has 1 N–H and O–H groups in total. The highest BCUT2D eigenvalue weighted by Gasteiger charge is 2.33. The first kappa shape index (κ1) is 13.7. The first-order valence-electron chi connectivity index (χ1n) is 7.15. The average molecular weight is 244 g/mol. The molecule has 0 unspecified atom stereocenters. The molecule has 0 aromatic heterocycles. The van der Waals surface area contributed by atoms with E-state index in [0.717, 1.165) is 37.2 Å². The minimum absolute atomic E-state index is 0.183. The van der Waals surface area contributed by atoms with Gasteiger partial charge >= 0.3 is 0 Å². The molecule has 1 nitrogen and oxygen atoms in total. The van der Waals surface area contributed by atoms with Crippen LogP contribution in [0.1, 0.15) is 57.6 Å². The van der Waals surface area contributed by atoms with E-state index in [1.54, 1.807) is 0 Å². The highest BCUT2D eigenvalue weighted by molar-refractivity contribution is 6.15. The van der Waals surface area contributed by atoms with Crippen LogP contribution in [0.5, 0.6) is 0 Å². The predicted octanol–water partition coefficient (Wildman–Crippen LogP) is 2.95. The standard InChI is InChI=1S/C16H25BO/c1-12-8-10-16(18,11-9-12)14-6-4-13(5-7-14)15(2,3)17/h4-7,12,18H,8-11,17H2,1-3H3. The fraction of sp³-hybridized carbons (Fsp3) is 0.625. The molecule has 2 rings (SSSR count). The maximum absolute atomic E-state index is 10.8. The van der Waals surface area contributed by atoms with Crippen LogP contribution in [0, 0.1) is 5.92 Å². The van der Waals surface area contributed by atoms with Crippen LogP contribution in [0.25, 0.3) is 0 Å². The van der Waals surface area contributed by atoms with E-state index >= 15 is 0 Å². The van der Waals surface area contributed by atoms with Gasteiger partial charge in [-0.25, -0.2) is 0 Å². The van der Waals surface area contributed by atoms with Gasteiger partial charge in [0, 0.05) is 0 Å². The summed E-state index contributed by atoms with van der Waals surface area (Å²) in [5.41, 5.74) is 1.85. The Kier molecular flexibility index (Phi) is 3.59. The molecule has 1 saturated carbocycles. The first-order chi connectivity index (χ1) is 8.31. The molecule has 98 valence electrons. The quantitative estimate of drug-likeness (QED) is 0.793. The van der Waals surface area contributed by atoms with Gasteiger partial charge in [0.25, 0.3) is 0 Å². The highest BCUT2D eigenvalue weighted by Crippen LogP contribution is 2.39. The van der Waals surface area contributed by atoms with Crippen molar-refractivity contribution in [3.63, 3.8) is 0 Å². The molecule has 0 atom stereocenters. The minimum atomic E-state index is -0.580. The monoisotopic (exact) mass is 244 g/mol. The van der Waals surface area contributed by atoms with Crippen LogP contribution in [-0.2, 0) is 10.9 Å². The molecule has 1 fully saturated rings. The van der Waals surface area contributed by atoms with Crippen molar-refractivity contribution in [2.24, 2.45) is 5.92 Å². The number of hydrogen-bond acceptors (Lipinski definition) is 1. The Bertz CT molecular complexity index is 394. The summed E-state index contributed by atoms with van der Waals surface area (Å²) in [5.74, 6) is 0.763. The summed E-state index contributed by atoms with van der Waals surface area (Å²) in [5, 5.41) is 10.9. The second-order valence-corrected chi connectivity index (χ2v) is 7.04. The molecular formula is C16H25BO. The maximum Gasteiger partial charge on any atom is 0.114 e. The Morgan fingerprint density at radius 3 is 2.11 bits per heavy atom. The third-order valence-corrected chi connectivity index (χ3v) is 4.39. The number of benzene rings is 1. The van der Waals surface area contributed by atoms with Crippen molar-refractivity contribution < 1.29 is 5.11 Å². The second-order valence-electron chi connectivity index (χ2n) is 7.04. The summed E-state index contributed by atoms with van der Waals surface area (Å²) in [7, 11) is 2.22. The van der Waals surface area contributed by atoms with E-state index in [9.17, 15) is 5.11 Å². The number of aliphatic hydroxyl groups is 1. The maximum atomic E-state index is 10.8. The molecule has 0 spiro atoms. The number of hydrogen-bond donors (Lipinski definition) is 1. The zero-order chi connectivity index (χ0) is 13.4. The molecule has 0 aliphatic heterocycles. The van der Waals surface area contributed by atoms with E-state index in [2.05, 4.69) is 52.9 Å². The van der Waals surface area contributed by atoms with Crippen molar-refractivity contribution in [2.75, 3.05) is 0 Å². The van der Waals surface area contributed by atoms with Gasteiger partial charge in [0.15, 0.2) is 0 Å². The van der Waals surface area contributed by atoms with Gasteiger partial charge in [-0.15, -0.1) is 0 Å². The SMILES string of the molecule is BC(C)(C)c1ccc(C2(O)CCC(C)CC2)cc1. The van der Waals surface area contributed by atoms with Gasteiger partial charge in [0.2, 0.25) is 0 Å². The van der Waals surface area contributed by atoms with E-state index in [-0.39, 0.29) is 5.31 Å². The lowest BCUT2D eigenvalue weighted by Crippen LogP contribution is -2.31. The topological polar surface area (TPSA) is 20.2 Å². The highest BCUT2D eigenvalue weighted by atomic mass is 16.3. The fourth-order valence-electron chi connectivity index (χ4n) is 2.81. The van der Waals surface area contributed by atoms with Gasteiger partial charge in [0.1, 0.15) is 7.85 Å². The van der Waals surface area contributed by atoms with Crippen LogP contribution in [-0.4, -0.2) is 13.0 Å². The molecule has 18 heavy (non-hydrogen) atoms. The molecule has 1 aliphatic rings. The average Bonchev–Trinajstić information content (AvgIpc) is 2.32.